The molecule has 0 fully saturated rings. The van der Waals surface area contributed by atoms with Crippen LogP contribution in [-0.2, 0) is 16.3 Å². The van der Waals surface area contributed by atoms with Crippen molar-refractivity contribution in [3.05, 3.63) is 54.0 Å². The van der Waals surface area contributed by atoms with Crippen LogP contribution < -0.4 is 5.32 Å². The van der Waals surface area contributed by atoms with Crippen LogP contribution in [0.25, 0.3) is 0 Å². The lowest BCUT2D eigenvalue weighted by Gasteiger charge is -2.16. The van der Waals surface area contributed by atoms with Crippen LogP contribution in [0, 0.1) is 0 Å². The van der Waals surface area contributed by atoms with Gasteiger partial charge >= 0.3 is 0 Å². The van der Waals surface area contributed by atoms with Gasteiger partial charge in [0.25, 0.3) is 0 Å². The molecular formula is C17H24N4O2S. The third-order valence-electron chi connectivity index (χ3n) is 3.55. The van der Waals surface area contributed by atoms with Crippen LogP contribution in [-0.4, -0.2) is 62.0 Å². The summed E-state index contributed by atoms with van der Waals surface area (Å²) in [5.41, 5.74) is 1.18. The highest BCUT2D eigenvalue weighted by molar-refractivity contribution is 7.90. The van der Waals surface area contributed by atoms with Crippen LogP contribution in [0.4, 0.5) is 5.82 Å². The number of hydrogen-bond donors (Lipinski definition) is 1. The van der Waals surface area contributed by atoms with Gasteiger partial charge in [0.2, 0.25) is 0 Å². The number of nitrogens with zero attached hydrogens (tertiary/aromatic N) is 3. The summed E-state index contributed by atoms with van der Waals surface area (Å²) in [5.74, 6) is 1.74. The molecule has 0 radical (unpaired) electrons. The molecule has 0 amide bonds. The molecule has 0 aliphatic heterocycles. The number of rotatable bonds is 9. The second-order valence-corrected chi connectivity index (χ2v) is 8.14. The maximum Gasteiger partial charge on any atom is 0.148 e. The third-order valence-corrected chi connectivity index (χ3v) is 4.48. The maximum absolute atomic E-state index is 11.2. The van der Waals surface area contributed by atoms with E-state index < -0.39 is 9.84 Å². The van der Waals surface area contributed by atoms with Gasteiger partial charge in [0.1, 0.15) is 21.5 Å². The van der Waals surface area contributed by atoms with E-state index in [0.717, 1.165) is 18.2 Å². The van der Waals surface area contributed by atoms with Crippen molar-refractivity contribution in [1.29, 1.82) is 0 Å². The number of anilines is 1. The first-order valence-electron chi connectivity index (χ1n) is 7.88. The summed E-state index contributed by atoms with van der Waals surface area (Å²) in [6.07, 6.45) is 3.71. The quantitative estimate of drug-likeness (QED) is 0.739. The lowest BCUT2D eigenvalue weighted by Crippen LogP contribution is -2.30. The van der Waals surface area contributed by atoms with Gasteiger partial charge in [-0.1, -0.05) is 30.3 Å². The first-order valence-corrected chi connectivity index (χ1v) is 9.94. The number of hydrogen-bond acceptors (Lipinski definition) is 6. The van der Waals surface area contributed by atoms with Crippen LogP contribution >= 0.6 is 0 Å². The Morgan fingerprint density at radius 2 is 1.88 bits per heavy atom. The number of likely N-dealkylation sites (N-methyl/N-ethyl adjacent to an activating group) is 1. The van der Waals surface area contributed by atoms with Crippen molar-refractivity contribution in [1.82, 2.24) is 14.9 Å². The number of benzene rings is 1. The van der Waals surface area contributed by atoms with Gasteiger partial charge in [0.15, 0.2) is 0 Å². The summed E-state index contributed by atoms with van der Waals surface area (Å²) in [5, 5.41) is 3.26. The van der Waals surface area contributed by atoms with Crippen molar-refractivity contribution in [3.63, 3.8) is 0 Å². The summed E-state index contributed by atoms with van der Waals surface area (Å²) in [6.45, 7) is 1.97. The van der Waals surface area contributed by atoms with E-state index in [1.807, 2.05) is 36.2 Å². The maximum atomic E-state index is 11.2. The predicted octanol–water partition coefficient (Wildman–Crippen LogP) is 1.46. The molecule has 0 saturated carbocycles. The van der Waals surface area contributed by atoms with E-state index in [-0.39, 0.29) is 5.75 Å². The fraction of sp³-hybridized carbons (Fsp3) is 0.412. The molecule has 0 spiro atoms. The van der Waals surface area contributed by atoms with Crippen LogP contribution in [0.1, 0.15) is 11.4 Å². The van der Waals surface area contributed by atoms with Crippen LogP contribution in [0.15, 0.2) is 42.6 Å². The minimum absolute atomic E-state index is 0.179. The molecule has 6 nitrogen and oxygen atoms in total. The molecule has 0 saturated heterocycles. The summed E-state index contributed by atoms with van der Waals surface area (Å²) < 4.78 is 22.3. The summed E-state index contributed by atoms with van der Waals surface area (Å²) in [6, 6.07) is 11.9. The Balaban J connectivity index is 1.80. The Morgan fingerprint density at radius 3 is 2.58 bits per heavy atom. The summed E-state index contributed by atoms with van der Waals surface area (Å²) in [4.78, 5) is 10.8. The summed E-state index contributed by atoms with van der Waals surface area (Å²) in [7, 11) is -1.00. The third kappa shape index (κ3) is 7.06. The van der Waals surface area contributed by atoms with Gasteiger partial charge in [0, 0.05) is 38.5 Å². The van der Waals surface area contributed by atoms with Gasteiger partial charge in [-0.25, -0.2) is 18.4 Å². The molecule has 1 aromatic carbocycles. The van der Waals surface area contributed by atoms with E-state index in [1.165, 1.54) is 11.8 Å². The fourth-order valence-electron chi connectivity index (χ4n) is 2.17. The Kier molecular flexibility index (Phi) is 6.69. The first kappa shape index (κ1) is 18.4. The Hall–Kier alpha value is -1.99. The van der Waals surface area contributed by atoms with Crippen molar-refractivity contribution in [2.24, 2.45) is 0 Å². The predicted molar refractivity (Wildman–Crippen MR) is 97.0 cm³/mol. The number of nitrogens with one attached hydrogen (secondary N) is 1. The molecule has 0 atom stereocenters. The van der Waals surface area contributed by atoms with Crippen molar-refractivity contribution < 1.29 is 8.42 Å². The molecule has 0 unspecified atom stereocenters. The van der Waals surface area contributed by atoms with E-state index in [1.54, 1.807) is 6.20 Å². The van der Waals surface area contributed by atoms with Gasteiger partial charge in [0.05, 0.1) is 5.75 Å². The second kappa shape index (κ2) is 8.75. The van der Waals surface area contributed by atoms with E-state index >= 15 is 0 Å². The van der Waals surface area contributed by atoms with E-state index in [4.69, 9.17) is 0 Å². The van der Waals surface area contributed by atoms with Crippen molar-refractivity contribution >= 4 is 15.7 Å². The Labute approximate surface area is 143 Å². The lowest BCUT2D eigenvalue weighted by atomic mass is 10.1. The first-order chi connectivity index (χ1) is 11.4. The van der Waals surface area contributed by atoms with Gasteiger partial charge < -0.3 is 10.2 Å². The molecule has 0 aliphatic rings. The minimum atomic E-state index is -2.91. The Bertz CT molecular complexity index is 735. The van der Waals surface area contributed by atoms with Gasteiger partial charge in [-0.05, 0) is 18.7 Å². The largest absolute Gasteiger partial charge is 0.369 e. The monoisotopic (exact) mass is 348 g/mol. The molecule has 1 heterocycles. The van der Waals surface area contributed by atoms with Crippen LogP contribution in [0.2, 0.25) is 0 Å². The topological polar surface area (TPSA) is 75.2 Å². The van der Waals surface area contributed by atoms with Gasteiger partial charge in [-0.3, -0.25) is 0 Å². The highest BCUT2D eigenvalue weighted by Crippen LogP contribution is 2.07. The minimum Gasteiger partial charge on any atom is -0.369 e. The molecule has 2 rings (SSSR count). The fourth-order valence-corrected chi connectivity index (χ4v) is 2.81. The van der Waals surface area contributed by atoms with E-state index in [9.17, 15) is 8.42 Å². The van der Waals surface area contributed by atoms with Gasteiger partial charge in [-0.15, -0.1) is 0 Å². The average Bonchev–Trinajstić information content (AvgIpc) is 2.54. The zero-order valence-corrected chi connectivity index (χ0v) is 15.0. The normalized spacial score (nSPS) is 11.6. The molecule has 130 valence electrons. The zero-order chi connectivity index (χ0) is 17.4. The average molecular weight is 348 g/mol. The smallest absolute Gasteiger partial charge is 0.148 e. The molecule has 1 aromatic heterocycles. The van der Waals surface area contributed by atoms with Crippen LogP contribution in [0.5, 0.6) is 0 Å². The molecule has 24 heavy (non-hydrogen) atoms. The lowest BCUT2D eigenvalue weighted by molar-refractivity contribution is 0.367. The zero-order valence-electron chi connectivity index (χ0n) is 14.1. The standard InChI is InChI=1S/C17H24N4O2S/c1-21(12-13-24(2,22)23)11-10-19-16-8-9-18-17(20-16)14-15-6-4-3-5-7-15/h3-9H,10-14H2,1-2H3,(H,18,19,20). The van der Waals surface area contributed by atoms with Crippen LogP contribution in [0.3, 0.4) is 0 Å². The highest BCUT2D eigenvalue weighted by atomic mass is 32.2. The van der Waals surface area contributed by atoms with E-state index in [2.05, 4.69) is 27.4 Å². The van der Waals surface area contributed by atoms with Crippen molar-refractivity contribution in [2.45, 2.75) is 6.42 Å². The molecule has 0 bridgehead atoms. The molecular weight excluding hydrogens is 324 g/mol. The van der Waals surface area contributed by atoms with E-state index in [0.29, 0.717) is 19.5 Å². The summed E-state index contributed by atoms with van der Waals surface area (Å²) >= 11 is 0. The van der Waals surface area contributed by atoms with Crippen molar-refractivity contribution in [3.8, 4) is 0 Å². The molecule has 2 aromatic rings. The molecule has 1 N–H and O–H groups in total. The number of aromatic nitrogens is 2. The SMILES string of the molecule is CN(CCNc1ccnc(Cc2ccccc2)n1)CCS(C)(=O)=O. The van der Waals surface area contributed by atoms with Crippen molar-refractivity contribution in [2.75, 3.05) is 44.0 Å². The molecule has 7 heteroatoms. The second-order valence-electron chi connectivity index (χ2n) is 5.88. The Morgan fingerprint density at radius 1 is 1.12 bits per heavy atom. The highest BCUT2D eigenvalue weighted by Gasteiger charge is 2.06. The number of sulfone groups is 1. The molecule has 0 aliphatic carbocycles. The van der Waals surface area contributed by atoms with Gasteiger partial charge in [-0.2, -0.15) is 0 Å².